The second-order valence-electron chi connectivity index (χ2n) is 5.79. The average Bonchev–Trinajstić information content (AvgIpc) is 2.51. The second-order valence-corrected chi connectivity index (χ2v) is 6.18. The average molecular weight is 318 g/mol. The topological polar surface area (TPSA) is 41.6 Å². The zero-order valence-electron chi connectivity index (χ0n) is 13.4. The predicted molar refractivity (Wildman–Crippen MR) is 91.2 cm³/mol. The summed E-state index contributed by atoms with van der Waals surface area (Å²) in [5.74, 6) is 0.108. The number of esters is 1. The molecule has 4 nitrogen and oxygen atoms in total. The van der Waals surface area contributed by atoms with Gasteiger partial charge < -0.3 is 15.0 Å². The lowest BCUT2D eigenvalue weighted by molar-refractivity contribution is -0.136. The van der Waals surface area contributed by atoms with E-state index in [-0.39, 0.29) is 12.0 Å². The Kier molecular flexibility index (Phi) is 5.19. The van der Waals surface area contributed by atoms with E-state index in [0.717, 1.165) is 17.8 Å². The number of methoxy groups -OCH3 is 1. The smallest absolute Gasteiger partial charge is 0.337 e. The number of carbonyl (C=O) groups is 1. The van der Waals surface area contributed by atoms with Gasteiger partial charge in [-0.3, -0.25) is 0 Å². The Bertz CT molecular complexity index is 596. The number of rotatable bonds is 4. The van der Waals surface area contributed by atoms with Crippen LogP contribution in [0, 0.1) is 5.92 Å². The minimum atomic E-state index is -0.324. The van der Waals surface area contributed by atoms with E-state index in [1.54, 1.807) is 0 Å². The van der Waals surface area contributed by atoms with Gasteiger partial charge >= 0.3 is 5.97 Å². The van der Waals surface area contributed by atoms with Crippen molar-refractivity contribution >= 4 is 23.3 Å². The van der Waals surface area contributed by atoms with Gasteiger partial charge in [0.25, 0.3) is 0 Å². The summed E-state index contributed by atoms with van der Waals surface area (Å²) in [6.07, 6.45) is 0. The van der Waals surface area contributed by atoms with Crippen molar-refractivity contribution in [3.63, 3.8) is 0 Å². The summed E-state index contributed by atoms with van der Waals surface area (Å²) in [5, 5.41) is 3.93. The second kappa shape index (κ2) is 6.92. The third-order valence-electron chi connectivity index (χ3n) is 3.68. The third kappa shape index (κ3) is 3.30. The third-order valence-corrected chi connectivity index (χ3v) is 4.02. The largest absolute Gasteiger partial charge is 0.466 e. The van der Waals surface area contributed by atoms with E-state index in [4.69, 9.17) is 17.0 Å². The van der Waals surface area contributed by atoms with Crippen molar-refractivity contribution < 1.29 is 9.53 Å². The van der Waals surface area contributed by atoms with Crippen LogP contribution in [0.15, 0.2) is 41.6 Å². The first-order valence-electron chi connectivity index (χ1n) is 7.37. The lowest BCUT2D eigenvalue weighted by Gasteiger charge is -2.38. The number of benzene rings is 1. The number of hydrogen-bond acceptors (Lipinski definition) is 3. The zero-order valence-corrected chi connectivity index (χ0v) is 14.2. The minimum Gasteiger partial charge on any atom is -0.466 e. The van der Waals surface area contributed by atoms with Gasteiger partial charge in [-0.2, -0.15) is 0 Å². The van der Waals surface area contributed by atoms with Crippen molar-refractivity contribution in [1.29, 1.82) is 0 Å². The molecule has 1 aromatic rings. The number of ether oxygens (including phenoxy) is 1. The molecule has 0 amide bonds. The van der Waals surface area contributed by atoms with Crippen LogP contribution in [0.3, 0.4) is 0 Å². The van der Waals surface area contributed by atoms with Gasteiger partial charge in [-0.15, -0.1) is 0 Å². The van der Waals surface area contributed by atoms with Gasteiger partial charge in [-0.1, -0.05) is 44.2 Å². The fourth-order valence-corrected chi connectivity index (χ4v) is 2.97. The van der Waals surface area contributed by atoms with Crippen LogP contribution < -0.4 is 5.32 Å². The Hall–Kier alpha value is -1.88. The molecule has 1 unspecified atom stereocenters. The zero-order chi connectivity index (χ0) is 16.3. The Balaban J connectivity index is 2.49. The van der Waals surface area contributed by atoms with Crippen molar-refractivity contribution in [3.05, 3.63) is 47.2 Å². The van der Waals surface area contributed by atoms with E-state index in [1.807, 2.05) is 42.2 Å². The molecule has 5 heteroatoms. The van der Waals surface area contributed by atoms with Gasteiger partial charge in [0.2, 0.25) is 0 Å². The minimum absolute atomic E-state index is 0.274. The molecule has 118 valence electrons. The van der Waals surface area contributed by atoms with Crippen LogP contribution in [-0.4, -0.2) is 29.6 Å². The molecule has 1 aliphatic heterocycles. The summed E-state index contributed by atoms with van der Waals surface area (Å²) in [6.45, 7) is 6.94. The van der Waals surface area contributed by atoms with E-state index >= 15 is 0 Å². The molecular formula is C17H22N2O2S. The molecule has 1 aliphatic rings. The number of hydrogen-bond donors (Lipinski definition) is 1. The standard InChI is InChI=1S/C17H22N2O2S/c1-11(2)10-19-12(3)14(16(20)21-4)15(18-17(19)22)13-8-6-5-7-9-13/h5-9,11,15H,10H2,1-4H3,(H,18,22). The molecule has 0 bridgehead atoms. The monoisotopic (exact) mass is 318 g/mol. The molecule has 0 aliphatic carbocycles. The first-order chi connectivity index (χ1) is 10.5. The lowest BCUT2D eigenvalue weighted by atomic mass is 9.95. The van der Waals surface area contributed by atoms with Crippen LogP contribution in [0.25, 0.3) is 0 Å². The summed E-state index contributed by atoms with van der Waals surface area (Å²) in [5.41, 5.74) is 2.47. The summed E-state index contributed by atoms with van der Waals surface area (Å²) in [6, 6.07) is 9.53. The fraction of sp³-hybridized carbons (Fsp3) is 0.412. The van der Waals surface area contributed by atoms with E-state index in [0.29, 0.717) is 16.6 Å². The van der Waals surface area contributed by atoms with E-state index in [2.05, 4.69) is 19.2 Å². The maximum atomic E-state index is 12.3. The number of allylic oxidation sites excluding steroid dienone is 1. The molecule has 22 heavy (non-hydrogen) atoms. The predicted octanol–water partition coefficient (Wildman–Crippen LogP) is 3.02. The van der Waals surface area contributed by atoms with Crippen LogP contribution in [0.4, 0.5) is 0 Å². The number of nitrogens with one attached hydrogen (secondary N) is 1. The van der Waals surface area contributed by atoms with Crippen molar-refractivity contribution in [2.45, 2.75) is 26.8 Å². The van der Waals surface area contributed by atoms with E-state index < -0.39 is 0 Å². The molecule has 1 aromatic carbocycles. The molecule has 0 radical (unpaired) electrons. The Morgan fingerprint density at radius 1 is 1.36 bits per heavy atom. The van der Waals surface area contributed by atoms with Gasteiger partial charge in [-0.25, -0.2) is 4.79 Å². The highest BCUT2D eigenvalue weighted by molar-refractivity contribution is 7.80. The molecule has 0 spiro atoms. The van der Waals surface area contributed by atoms with Crippen molar-refractivity contribution in [3.8, 4) is 0 Å². The fourth-order valence-electron chi connectivity index (χ4n) is 2.64. The van der Waals surface area contributed by atoms with Crippen LogP contribution in [0.1, 0.15) is 32.4 Å². The molecule has 1 atom stereocenters. The summed E-state index contributed by atoms with van der Waals surface area (Å²) in [7, 11) is 1.41. The molecule has 1 heterocycles. The molecule has 0 fully saturated rings. The first kappa shape index (κ1) is 16.5. The summed E-state index contributed by atoms with van der Waals surface area (Å²) in [4.78, 5) is 14.3. The molecule has 2 rings (SSSR count). The van der Waals surface area contributed by atoms with Crippen molar-refractivity contribution in [2.75, 3.05) is 13.7 Å². The molecule has 0 aromatic heterocycles. The van der Waals surface area contributed by atoms with Crippen LogP contribution >= 0.6 is 12.2 Å². The number of carbonyl (C=O) groups excluding carboxylic acids is 1. The molecule has 1 N–H and O–H groups in total. The normalized spacial score (nSPS) is 18.5. The van der Waals surface area contributed by atoms with Gasteiger partial charge in [-0.05, 0) is 30.6 Å². The highest BCUT2D eigenvalue weighted by atomic mass is 32.1. The Labute approximate surface area is 137 Å². The van der Waals surface area contributed by atoms with E-state index in [9.17, 15) is 4.79 Å². The maximum Gasteiger partial charge on any atom is 0.337 e. The van der Waals surface area contributed by atoms with E-state index in [1.165, 1.54) is 7.11 Å². The number of nitrogens with zero attached hydrogens (tertiary/aromatic N) is 1. The van der Waals surface area contributed by atoms with Crippen LogP contribution in [0.2, 0.25) is 0 Å². The Morgan fingerprint density at radius 2 is 2.00 bits per heavy atom. The molecule has 0 saturated carbocycles. The van der Waals surface area contributed by atoms with Gasteiger partial charge in [0, 0.05) is 12.2 Å². The SMILES string of the molecule is COC(=O)C1=C(C)N(CC(C)C)C(=S)NC1c1ccccc1. The highest BCUT2D eigenvalue weighted by Gasteiger charge is 2.34. The summed E-state index contributed by atoms with van der Waals surface area (Å²) < 4.78 is 4.99. The van der Waals surface area contributed by atoms with Gasteiger partial charge in [0.05, 0.1) is 18.7 Å². The van der Waals surface area contributed by atoms with Crippen molar-refractivity contribution in [1.82, 2.24) is 10.2 Å². The highest BCUT2D eigenvalue weighted by Crippen LogP contribution is 2.31. The quantitative estimate of drug-likeness (QED) is 0.683. The molecule has 0 saturated heterocycles. The van der Waals surface area contributed by atoms with Crippen LogP contribution in [0.5, 0.6) is 0 Å². The van der Waals surface area contributed by atoms with Crippen LogP contribution in [-0.2, 0) is 9.53 Å². The summed E-state index contributed by atoms with van der Waals surface area (Å²) >= 11 is 5.50. The molecular weight excluding hydrogens is 296 g/mol. The maximum absolute atomic E-state index is 12.3. The van der Waals surface area contributed by atoms with Gasteiger partial charge in [0.1, 0.15) is 0 Å². The number of thiocarbonyl (C=S) groups is 1. The van der Waals surface area contributed by atoms with Crippen molar-refractivity contribution in [2.24, 2.45) is 5.92 Å². The lowest BCUT2D eigenvalue weighted by Crippen LogP contribution is -2.48. The Morgan fingerprint density at radius 3 is 2.55 bits per heavy atom. The van der Waals surface area contributed by atoms with Gasteiger partial charge in [0.15, 0.2) is 5.11 Å². The first-order valence-corrected chi connectivity index (χ1v) is 7.78.